The summed E-state index contributed by atoms with van der Waals surface area (Å²) in [6.45, 7) is 6.63. The summed E-state index contributed by atoms with van der Waals surface area (Å²) >= 11 is 0. The van der Waals surface area contributed by atoms with Crippen molar-refractivity contribution >= 4 is 19.3 Å². The Morgan fingerprint density at radius 2 is 1.00 bits per heavy atom. The number of rotatable bonds is 16. The standard InChI is InChI=1S/C20H39O6P/c1-5-7-9-11-13-15-19(3,17(21)22)27(25,26)20(4,18(23)24)16-14-12-10-8-6-2/h5-16H2,1-4H3,(H,21,22)(H,23,24)(H,25,26). The van der Waals surface area contributed by atoms with Crippen LogP contribution in [0.2, 0.25) is 0 Å². The molecule has 6 nitrogen and oxygen atoms in total. The van der Waals surface area contributed by atoms with Crippen molar-refractivity contribution in [3.05, 3.63) is 0 Å². The maximum absolute atomic E-state index is 13.4. The van der Waals surface area contributed by atoms with Gasteiger partial charge < -0.3 is 15.1 Å². The SMILES string of the molecule is CCCCCCCC(C)(C(=O)O)P(=O)(O)C(C)(CCCCCCC)C(=O)O. The summed E-state index contributed by atoms with van der Waals surface area (Å²) in [6, 6.07) is 0. The van der Waals surface area contributed by atoms with Gasteiger partial charge in [-0.25, -0.2) is 0 Å². The third kappa shape index (κ3) is 6.60. The number of unbranched alkanes of at least 4 members (excludes halogenated alkanes) is 8. The predicted molar refractivity (Wildman–Crippen MR) is 109 cm³/mol. The van der Waals surface area contributed by atoms with Gasteiger partial charge in [-0.3, -0.25) is 14.2 Å². The molecule has 0 aromatic heterocycles. The van der Waals surface area contributed by atoms with Crippen molar-refractivity contribution in [1.82, 2.24) is 0 Å². The lowest BCUT2D eigenvalue weighted by Crippen LogP contribution is -2.47. The molecule has 0 bridgehead atoms. The summed E-state index contributed by atoms with van der Waals surface area (Å²) < 4.78 is 13.4. The molecule has 0 fully saturated rings. The maximum atomic E-state index is 13.4. The minimum Gasteiger partial charge on any atom is -0.480 e. The first kappa shape index (κ1) is 26.1. The van der Waals surface area contributed by atoms with Gasteiger partial charge in [-0.15, -0.1) is 0 Å². The van der Waals surface area contributed by atoms with Crippen molar-refractivity contribution in [2.75, 3.05) is 0 Å². The van der Waals surface area contributed by atoms with Gasteiger partial charge >= 0.3 is 11.9 Å². The van der Waals surface area contributed by atoms with Crippen molar-refractivity contribution in [1.29, 1.82) is 0 Å². The second kappa shape index (κ2) is 11.9. The molecule has 0 heterocycles. The van der Waals surface area contributed by atoms with Gasteiger partial charge in [0, 0.05) is 0 Å². The number of carbonyl (C=O) groups is 2. The van der Waals surface area contributed by atoms with Crippen molar-refractivity contribution in [3.8, 4) is 0 Å². The average Bonchev–Trinajstić information content (AvgIpc) is 2.60. The van der Waals surface area contributed by atoms with Crippen molar-refractivity contribution in [2.24, 2.45) is 0 Å². The highest BCUT2D eigenvalue weighted by Crippen LogP contribution is 2.67. The lowest BCUT2D eigenvalue weighted by atomic mass is 10.0. The molecule has 2 unspecified atom stereocenters. The van der Waals surface area contributed by atoms with Crippen LogP contribution in [0.1, 0.15) is 105 Å². The quantitative estimate of drug-likeness (QED) is 0.225. The Morgan fingerprint density at radius 3 is 1.26 bits per heavy atom. The lowest BCUT2D eigenvalue weighted by Gasteiger charge is -2.39. The van der Waals surface area contributed by atoms with Crippen LogP contribution in [-0.2, 0) is 14.2 Å². The second-order valence-corrected chi connectivity index (χ2v) is 11.2. The molecular formula is C20H39O6P. The lowest BCUT2D eigenvalue weighted by molar-refractivity contribution is -0.141. The third-order valence-electron chi connectivity index (χ3n) is 5.79. The number of hydrogen-bond donors (Lipinski definition) is 3. The topological polar surface area (TPSA) is 112 Å². The zero-order valence-corrected chi connectivity index (χ0v) is 18.4. The molecule has 0 rings (SSSR count). The van der Waals surface area contributed by atoms with Gasteiger partial charge in [-0.05, 0) is 26.7 Å². The summed E-state index contributed by atoms with van der Waals surface area (Å²) in [7, 11) is -4.56. The molecule has 0 aromatic carbocycles. The van der Waals surface area contributed by atoms with Gasteiger partial charge in [0.15, 0.2) is 0 Å². The van der Waals surface area contributed by atoms with Crippen molar-refractivity contribution in [3.63, 3.8) is 0 Å². The molecule has 3 N–H and O–H groups in total. The molecule has 2 atom stereocenters. The van der Waals surface area contributed by atoms with E-state index in [0.717, 1.165) is 51.4 Å². The highest BCUT2D eigenvalue weighted by molar-refractivity contribution is 7.63. The van der Waals surface area contributed by atoms with E-state index in [9.17, 15) is 29.3 Å². The molecule has 0 aromatic rings. The molecule has 0 aliphatic rings. The molecule has 0 spiro atoms. The van der Waals surface area contributed by atoms with Crippen LogP contribution in [0.15, 0.2) is 0 Å². The first-order valence-corrected chi connectivity index (χ1v) is 12.0. The Kier molecular flexibility index (Phi) is 11.5. The molecular weight excluding hydrogens is 367 g/mol. The average molecular weight is 407 g/mol. The minimum absolute atomic E-state index is 0.0124. The molecule has 0 saturated heterocycles. The molecule has 27 heavy (non-hydrogen) atoms. The summed E-state index contributed by atoms with van der Waals surface area (Å²) in [6.07, 6.45) is 8.61. The van der Waals surface area contributed by atoms with E-state index < -0.39 is 29.6 Å². The number of carboxylic acid groups (broad SMARTS) is 2. The number of hydrogen-bond acceptors (Lipinski definition) is 3. The third-order valence-corrected chi connectivity index (χ3v) is 9.30. The molecule has 160 valence electrons. The Balaban J connectivity index is 5.39. The van der Waals surface area contributed by atoms with Crippen LogP contribution in [0.5, 0.6) is 0 Å². The van der Waals surface area contributed by atoms with Gasteiger partial charge in [0.2, 0.25) is 7.37 Å². The van der Waals surface area contributed by atoms with Gasteiger partial charge in [-0.2, -0.15) is 0 Å². The van der Waals surface area contributed by atoms with E-state index in [-0.39, 0.29) is 12.8 Å². The molecule has 0 saturated carbocycles. The van der Waals surface area contributed by atoms with Gasteiger partial charge in [-0.1, -0.05) is 78.1 Å². The molecule has 0 radical (unpaired) electrons. The summed E-state index contributed by atoms with van der Waals surface area (Å²) in [5.41, 5.74) is 0. The van der Waals surface area contributed by atoms with Crippen molar-refractivity contribution in [2.45, 2.75) is 115 Å². The Labute approximate surface area is 164 Å². The fraction of sp³-hybridized carbons (Fsp3) is 0.900. The first-order valence-electron chi connectivity index (χ1n) is 10.3. The first-order chi connectivity index (χ1) is 12.5. The van der Waals surface area contributed by atoms with Crippen LogP contribution in [0.25, 0.3) is 0 Å². The fourth-order valence-corrected chi connectivity index (χ4v) is 6.00. The fourth-order valence-electron chi connectivity index (χ4n) is 3.47. The van der Waals surface area contributed by atoms with Crippen molar-refractivity contribution < 1.29 is 29.3 Å². The van der Waals surface area contributed by atoms with E-state index in [1.807, 2.05) is 0 Å². The van der Waals surface area contributed by atoms with E-state index in [4.69, 9.17) is 0 Å². The highest BCUT2D eigenvalue weighted by Gasteiger charge is 2.62. The van der Waals surface area contributed by atoms with Crippen LogP contribution >= 0.6 is 7.37 Å². The smallest absolute Gasteiger partial charge is 0.319 e. The monoisotopic (exact) mass is 406 g/mol. The van der Waals surface area contributed by atoms with Crippen LogP contribution in [-0.4, -0.2) is 37.4 Å². The van der Waals surface area contributed by atoms with E-state index >= 15 is 0 Å². The number of carboxylic acids is 2. The van der Waals surface area contributed by atoms with E-state index in [0.29, 0.717) is 12.8 Å². The van der Waals surface area contributed by atoms with E-state index in [2.05, 4.69) is 13.8 Å². The van der Waals surface area contributed by atoms with E-state index in [1.54, 1.807) is 0 Å². The molecule has 7 heteroatoms. The molecule has 0 aliphatic heterocycles. The summed E-state index contributed by atoms with van der Waals surface area (Å²) in [5.74, 6) is -2.77. The summed E-state index contributed by atoms with van der Waals surface area (Å²) in [4.78, 5) is 34.8. The van der Waals surface area contributed by atoms with Crippen LogP contribution < -0.4 is 0 Å². The highest BCUT2D eigenvalue weighted by atomic mass is 31.2. The van der Waals surface area contributed by atoms with Crippen LogP contribution in [0.4, 0.5) is 0 Å². The normalized spacial score (nSPS) is 18.3. The second-order valence-electron chi connectivity index (χ2n) is 8.06. The minimum atomic E-state index is -4.56. The molecule has 0 amide bonds. The van der Waals surface area contributed by atoms with Crippen LogP contribution in [0.3, 0.4) is 0 Å². The Bertz CT molecular complexity index is 479. The zero-order valence-electron chi connectivity index (χ0n) is 17.5. The largest absolute Gasteiger partial charge is 0.480 e. The van der Waals surface area contributed by atoms with Gasteiger partial charge in [0.1, 0.15) is 10.3 Å². The summed E-state index contributed by atoms with van der Waals surface area (Å²) in [5, 5.41) is 15.6. The van der Waals surface area contributed by atoms with Crippen LogP contribution in [0, 0.1) is 0 Å². The predicted octanol–water partition coefficient (Wildman–Crippen LogP) is 5.66. The zero-order chi connectivity index (χ0) is 21.1. The Morgan fingerprint density at radius 1 is 0.704 bits per heavy atom. The maximum Gasteiger partial charge on any atom is 0.319 e. The van der Waals surface area contributed by atoms with E-state index in [1.165, 1.54) is 13.8 Å². The molecule has 0 aliphatic carbocycles. The Hall–Kier alpha value is -0.870. The van der Waals surface area contributed by atoms with Gasteiger partial charge in [0.25, 0.3) is 0 Å². The van der Waals surface area contributed by atoms with Gasteiger partial charge in [0.05, 0.1) is 0 Å². The number of aliphatic carboxylic acids is 2.